The van der Waals surface area contributed by atoms with Crippen molar-refractivity contribution in [3.63, 3.8) is 0 Å². The molecule has 0 bridgehead atoms. The molecule has 0 saturated carbocycles. The molecule has 0 radical (unpaired) electrons. The number of fused-ring (bicyclic) bond motifs is 1. The van der Waals surface area contributed by atoms with Gasteiger partial charge in [-0.3, -0.25) is 4.79 Å². The average Bonchev–Trinajstić information content (AvgIpc) is 2.89. The Labute approximate surface area is 146 Å². The SMILES string of the molecule is O=C(N/N=C\c1ccc(Cl)c(Cl)c1)c1ccc2[nH]c(=S)[nH]c2c1. The van der Waals surface area contributed by atoms with Gasteiger partial charge in [-0.15, -0.1) is 0 Å². The highest BCUT2D eigenvalue weighted by Gasteiger charge is 2.06. The van der Waals surface area contributed by atoms with Gasteiger partial charge >= 0.3 is 0 Å². The summed E-state index contributed by atoms with van der Waals surface area (Å²) in [6.45, 7) is 0. The highest BCUT2D eigenvalue weighted by molar-refractivity contribution is 7.71. The van der Waals surface area contributed by atoms with Crippen molar-refractivity contribution in [3.05, 3.63) is 62.3 Å². The molecule has 3 N–H and O–H groups in total. The number of nitrogens with one attached hydrogen (secondary N) is 3. The summed E-state index contributed by atoms with van der Waals surface area (Å²) in [5.41, 5.74) is 5.25. The number of hydrogen-bond donors (Lipinski definition) is 3. The molecular weight excluding hydrogens is 355 g/mol. The van der Waals surface area contributed by atoms with Crippen molar-refractivity contribution < 1.29 is 4.79 Å². The van der Waals surface area contributed by atoms with Crippen LogP contribution in [0.2, 0.25) is 10.0 Å². The number of amides is 1. The Balaban J connectivity index is 1.73. The van der Waals surface area contributed by atoms with E-state index in [1.807, 2.05) is 0 Å². The van der Waals surface area contributed by atoms with Crippen molar-refractivity contribution in [3.8, 4) is 0 Å². The zero-order valence-electron chi connectivity index (χ0n) is 11.6. The Morgan fingerprint density at radius 1 is 1.09 bits per heavy atom. The standard InChI is InChI=1S/C15H10Cl2N4OS/c16-10-3-1-8(5-11(10)17)7-18-21-14(22)9-2-4-12-13(6-9)20-15(23)19-12/h1-7H,(H,21,22)(H2,19,20,23)/b18-7-. The summed E-state index contributed by atoms with van der Waals surface area (Å²) in [7, 11) is 0. The number of halogens is 2. The normalized spacial score (nSPS) is 11.2. The van der Waals surface area contributed by atoms with E-state index in [-0.39, 0.29) is 5.91 Å². The van der Waals surface area contributed by atoms with Gasteiger partial charge in [-0.05, 0) is 48.1 Å². The highest BCUT2D eigenvalue weighted by atomic mass is 35.5. The van der Waals surface area contributed by atoms with Gasteiger partial charge in [0, 0.05) is 5.56 Å². The van der Waals surface area contributed by atoms with Crippen molar-refractivity contribution in [2.75, 3.05) is 0 Å². The first-order valence-electron chi connectivity index (χ1n) is 6.53. The number of aromatic amines is 2. The molecule has 3 rings (SSSR count). The molecule has 116 valence electrons. The van der Waals surface area contributed by atoms with Crippen LogP contribution in [0.5, 0.6) is 0 Å². The molecule has 0 aliphatic carbocycles. The fraction of sp³-hybridized carbons (Fsp3) is 0. The zero-order valence-corrected chi connectivity index (χ0v) is 13.9. The van der Waals surface area contributed by atoms with Gasteiger partial charge in [0.05, 0.1) is 27.3 Å². The Hall–Kier alpha value is -2.15. The average molecular weight is 365 g/mol. The third-order valence-electron chi connectivity index (χ3n) is 3.10. The molecule has 0 fully saturated rings. The van der Waals surface area contributed by atoms with Crippen molar-refractivity contribution in [1.29, 1.82) is 0 Å². The molecule has 2 aromatic carbocycles. The van der Waals surface area contributed by atoms with Crippen LogP contribution in [-0.4, -0.2) is 22.1 Å². The molecule has 5 nitrogen and oxygen atoms in total. The Kier molecular flexibility index (Phi) is 4.47. The van der Waals surface area contributed by atoms with Crippen LogP contribution in [0.25, 0.3) is 11.0 Å². The number of hydrazone groups is 1. The first-order valence-corrected chi connectivity index (χ1v) is 7.70. The van der Waals surface area contributed by atoms with Gasteiger partial charge < -0.3 is 9.97 Å². The van der Waals surface area contributed by atoms with Crippen LogP contribution in [0.1, 0.15) is 15.9 Å². The van der Waals surface area contributed by atoms with Gasteiger partial charge in [0.2, 0.25) is 0 Å². The van der Waals surface area contributed by atoms with Crippen molar-refractivity contribution in [2.45, 2.75) is 0 Å². The van der Waals surface area contributed by atoms with E-state index >= 15 is 0 Å². The van der Waals surface area contributed by atoms with E-state index in [1.54, 1.807) is 36.4 Å². The third kappa shape index (κ3) is 3.61. The minimum absolute atomic E-state index is 0.330. The lowest BCUT2D eigenvalue weighted by Gasteiger charge is -2.00. The number of nitrogens with zero attached hydrogens (tertiary/aromatic N) is 1. The monoisotopic (exact) mass is 364 g/mol. The van der Waals surface area contributed by atoms with Gasteiger partial charge in [-0.1, -0.05) is 29.3 Å². The summed E-state index contributed by atoms with van der Waals surface area (Å²) in [5.74, 6) is -0.330. The Morgan fingerprint density at radius 2 is 1.87 bits per heavy atom. The molecule has 1 amide bonds. The number of H-pyrrole nitrogens is 2. The molecule has 23 heavy (non-hydrogen) atoms. The second kappa shape index (κ2) is 6.54. The maximum Gasteiger partial charge on any atom is 0.271 e. The van der Waals surface area contributed by atoms with Crippen LogP contribution in [0, 0.1) is 4.77 Å². The van der Waals surface area contributed by atoms with E-state index in [1.165, 1.54) is 6.21 Å². The molecule has 0 atom stereocenters. The smallest absolute Gasteiger partial charge is 0.271 e. The van der Waals surface area contributed by atoms with Crippen LogP contribution in [0.15, 0.2) is 41.5 Å². The molecule has 3 aromatic rings. The molecule has 1 heterocycles. The minimum Gasteiger partial charge on any atom is -0.331 e. The molecule has 0 aliphatic heterocycles. The Morgan fingerprint density at radius 3 is 2.65 bits per heavy atom. The molecular formula is C15H10Cl2N4OS. The Bertz CT molecular complexity index is 977. The number of hydrogen-bond acceptors (Lipinski definition) is 3. The number of rotatable bonds is 3. The lowest BCUT2D eigenvalue weighted by atomic mass is 10.2. The predicted octanol–water partition coefficient (Wildman–Crippen LogP) is 4.30. The largest absolute Gasteiger partial charge is 0.331 e. The quantitative estimate of drug-likeness (QED) is 0.368. The fourth-order valence-corrected chi connectivity index (χ4v) is 2.52. The van der Waals surface area contributed by atoms with E-state index in [9.17, 15) is 4.79 Å². The lowest BCUT2D eigenvalue weighted by molar-refractivity contribution is 0.0955. The molecule has 8 heteroatoms. The van der Waals surface area contributed by atoms with Crippen molar-refractivity contribution in [1.82, 2.24) is 15.4 Å². The van der Waals surface area contributed by atoms with Crippen molar-refractivity contribution >= 4 is 58.6 Å². The van der Waals surface area contributed by atoms with Crippen molar-refractivity contribution in [2.24, 2.45) is 5.10 Å². The van der Waals surface area contributed by atoms with Gasteiger partial charge in [0.1, 0.15) is 0 Å². The van der Waals surface area contributed by atoms with Crippen LogP contribution >= 0.6 is 35.4 Å². The summed E-state index contributed by atoms with van der Waals surface area (Å²) in [5, 5.41) is 4.80. The first kappa shape index (κ1) is 15.7. The topological polar surface area (TPSA) is 73.0 Å². The van der Waals surface area contributed by atoms with Gasteiger partial charge in [0.15, 0.2) is 4.77 Å². The van der Waals surface area contributed by atoms with E-state index in [2.05, 4.69) is 20.5 Å². The zero-order chi connectivity index (χ0) is 16.4. The highest BCUT2D eigenvalue weighted by Crippen LogP contribution is 2.21. The number of carbonyl (C=O) groups excluding carboxylic acids is 1. The van der Waals surface area contributed by atoms with Crippen LogP contribution in [0.4, 0.5) is 0 Å². The summed E-state index contributed by atoms with van der Waals surface area (Å²) in [6.07, 6.45) is 1.49. The maximum atomic E-state index is 12.1. The number of benzene rings is 2. The molecule has 0 aliphatic rings. The minimum atomic E-state index is -0.330. The summed E-state index contributed by atoms with van der Waals surface area (Å²) in [6, 6.07) is 10.2. The van der Waals surface area contributed by atoms with Gasteiger partial charge in [-0.2, -0.15) is 5.10 Å². The van der Waals surface area contributed by atoms with E-state index in [4.69, 9.17) is 35.4 Å². The van der Waals surface area contributed by atoms with Crippen LogP contribution in [0.3, 0.4) is 0 Å². The predicted molar refractivity (Wildman–Crippen MR) is 95.0 cm³/mol. The van der Waals surface area contributed by atoms with Gasteiger partial charge in [-0.25, -0.2) is 5.43 Å². The fourth-order valence-electron chi connectivity index (χ4n) is 2.00. The molecule has 1 aromatic heterocycles. The number of aromatic nitrogens is 2. The third-order valence-corrected chi connectivity index (χ3v) is 4.04. The molecule has 0 unspecified atom stereocenters. The second-order valence-electron chi connectivity index (χ2n) is 4.71. The molecule has 0 spiro atoms. The number of imidazole rings is 1. The summed E-state index contributed by atoms with van der Waals surface area (Å²) < 4.78 is 0.509. The van der Waals surface area contributed by atoms with Crippen LogP contribution < -0.4 is 5.43 Å². The van der Waals surface area contributed by atoms with Gasteiger partial charge in [0.25, 0.3) is 5.91 Å². The first-order chi connectivity index (χ1) is 11.0. The van der Waals surface area contributed by atoms with E-state index in [0.717, 1.165) is 16.6 Å². The maximum absolute atomic E-state index is 12.1. The van der Waals surface area contributed by atoms with Crippen LogP contribution in [-0.2, 0) is 0 Å². The number of carbonyl (C=O) groups is 1. The summed E-state index contributed by atoms with van der Waals surface area (Å²) in [4.78, 5) is 18.0. The summed E-state index contributed by atoms with van der Waals surface area (Å²) >= 11 is 16.8. The molecule has 0 saturated heterocycles. The van der Waals surface area contributed by atoms with E-state index in [0.29, 0.717) is 20.4 Å². The lowest BCUT2D eigenvalue weighted by Crippen LogP contribution is -2.17. The van der Waals surface area contributed by atoms with E-state index < -0.39 is 0 Å². The second-order valence-corrected chi connectivity index (χ2v) is 5.93.